The second kappa shape index (κ2) is 6.32. The first-order valence-electron chi connectivity index (χ1n) is 5.80. The number of hydrogen-bond acceptors (Lipinski definition) is 4. The van der Waals surface area contributed by atoms with Crippen molar-refractivity contribution in [1.82, 2.24) is 4.72 Å². The summed E-state index contributed by atoms with van der Waals surface area (Å²) in [4.78, 5) is 10.3. The number of hydrogen-bond donors (Lipinski definition) is 3. The summed E-state index contributed by atoms with van der Waals surface area (Å²) in [6.07, 6.45) is 2.37. The third-order valence-corrected chi connectivity index (χ3v) is 4.35. The van der Waals surface area contributed by atoms with Gasteiger partial charge in [0.2, 0.25) is 10.0 Å². The smallest absolute Gasteiger partial charge is 0.303 e. The molecule has 0 spiro atoms. The van der Waals surface area contributed by atoms with E-state index in [1.165, 1.54) is 0 Å². The molecular formula is C10H19NO5S. The zero-order valence-electron chi connectivity index (χ0n) is 9.63. The summed E-state index contributed by atoms with van der Waals surface area (Å²) in [6, 6.07) is -0.418. The van der Waals surface area contributed by atoms with Crippen molar-refractivity contribution in [3.8, 4) is 0 Å². The van der Waals surface area contributed by atoms with Crippen molar-refractivity contribution in [2.45, 2.75) is 50.7 Å². The van der Waals surface area contributed by atoms with E-state index >= 15 is 0 Å². The van der Waals surface area contributed by atoms with E-state index in [4.69, 9.17) is 5.11 Å². The Morgan fingerprint density at radius 3 is 2.53 bits per heavy atom. The van der Waals surface area contributed by atoms with Crippen LogP contribution in [0.4, 0.5) is 0 Å². The van der Waals surface area contributed by atoms with Crippen molar-refractivity contribution < 1.29 is 23.4 Å². The molecule has 7 heteroatoms. The van der Waals surface area contributed by atoms with Crippen LogP contribution in [0.25, 0.3) is 0 Å². The van der Waals surface area contributed by atoms with Gasteiger partial charge in [-0.25, -0.2) is 13.1 Å². The molecule has 0 amide bonds. The van der Waals surface area contributed by atoms with E-state index in [1.54, 1.807) is 0 Å². The van der Waals surface area contributed by atoms with Gasteiger partial charge in [-0.3, -0.25) is 4.79 Å². The third kappa shape index (κ3) is 5.47. The molecule has 1 fully saturated rings. The predicted molar refractivity (Wildman–Crippen MR) is 62.1 cm³/mol. The van der Waals surface area contributed by atoms with E-state index in [9.17, 15) is 18.3 Å². The lowest BCUT2D eigenvalue weighted by Crippen LogP contribution is -2.45. The zero-order valence-corrected chi connectivity index (χ0v) is 10.4. The van der Waals surface area contributed by atoms with Crippen LogP contribution in [0.15, 0.2) is 0 Å². The van der Waals surface area contributed by atoms with Crippen LogP contribution in [0.2, 0.25) is 0 Å². The number of aliphatic hydroxyl groups excluding tert-OH is 1. The summed E-state index contributed by atoms with van der Waals surface area (Å²) < 4.78 is 25.7. The number of nitrogens with one attached hydrogen (secondary N) is 1. The number of carbonyl (C=O) groups is 1. The van der Waals surface area contributed by atoms with Crippen molar-refractivity contribution in [1.29, 1.82) is 0 Å². The minimum absolute atomic E-state index is 0.0908. The van der Waals surface area contributed by atoms with E-state index < -0.39 is 28.1 Å². The molecular weight excluding hydrogens is 246 g/mol. The van der Waals surface area contributed by atoms with Crippen molar-refractivity contribution in [2.24, 2.45) is 0 Å². The molecule has 2 atom stereocenters. The third-order valence-electron chi connectivity index (χ3n) is 2.86. The molecule has 1 aliphatic carbocycles. The fourth-order valence-electron chi connectivity index (χ4n) is 1.95. The van der Waals surface area contributed by atoms with Gasteiger partial charge in [-0.2, -0.15) is 0 Å². The zero-order chi connectivity index (χ0) is 12.9. The Bertz CT molecular complexity index is 354. The quantitative estimate of drug-likeness (QED) is 0.630. The average Bonchev–Trinajstić information content (AvgIpc) is 2.20. The highest BCUT2D eigenvalue weighted by atomic mass is 32.2. The maximum atomic E-state index is 11.6. The summed E-state index contributed by atoms with van der Waals surface area (Å²) in [5, 5.41) is 18.0. The molecule has 0 unspecified atom stereocenters. The molecule has 0 aromatic heterocycles. The largest absolute Gasteiger partial charge is 0.481 e. The van der Waals surface area contributed by atoms with E-state index in [0.717, 1.165) is 12.8 Å². The SMILES string of the molecule is O=C(O)CCCS(=O)(=O)N[C@H]1CCCC[C@@H]1O. The summed E-state index contributed by atoms with van der Waals surface area (Å²) in [5.74, 6) is -1.21. The van der Waals surface area contributed by atoms with E-state index in [0.29, 0.717) is 12.8 Å². The molecule has 0 aliphatic heterocycles. The Morgan fingerprint density at radius 1 is 1.29 bits per heavy atom. The topological polar surface area (TPSA) is 104 Å². The predicted octanol–water partition coefficient (Wildman–Crippen LogP) is 0.0741. The van der Waals surface area contributed by atoms with Gasteiger partial charge in [0.1, 0.15) is 0 Å². The minimum atomic E-state index is -3.48. The van der Waals surface area contributed by atoms with E-state index in [1.807, 2.05) is 0 Å². The normalized spacial score (nSPS) is 25.7. The van der Waals surface area contributed by atoms with Crippen molar-refractivity contribution in [3.05, 3.63) is 0 Å². The van der Waals surface area contributed by atoms with Gasteiger partial charge in [-0.15, -0.1) is 0 Å². The first kappa shape index (κ1) is 14.4. The van der Waals surface area contributed by atoms with Crippen LogP contribution >= 0.6 is 0 Å². The highest BCUT2D eigenvalue weighted by Gasteiger charge is 2.26. The number of carboxylic acid groups (broad SMARTS) is 1. The van der Waals surface area contributed by atoms with Crippen LogP contribution in [0.1, 0.15) is 38.5 Å². The first-order chi connectivity index (χ1) is 7.91. The van der Waals surface area contributed by atoms with Gasteiger partial charge in [0.25, 0.3) is 0 Å². The number of sulfonamides is 1. The van der Waals surface area contributed by atoms with Crippen LogP contribution in [-0.4, -0.2) is 42.5 Å². The van der Waals surface area contributed by atoms with Crippen LogP contribution in [0.3, 0.4) is 0 Å². The van der Waals surface area contributed by atoms with Gasteiger partial charge >= 0.3 is 5.97 Å². The molecule has 1 rings (SSSR count). The number of aliphatic hydroxyl groups is 1. The van der Waals surface area contributed by atoms with Crippen LogP contribution in [0.5, 0.6) is 0 Å². The highest BCUT2D eigenvalue weighted by Crippen LogP contribution is 2.19. The molecule has 0 bridgehead atoms. The number of carboxylic acids is 1. The monoisotopic (exact) mass is 265 g/mol. The molecule has 17 heavy (non-hydrogen) atoms. The van der Waals surface area contributed by atoms with E-state index in [-0.39, 0.29) is 18.6 Å². The highest BCUT2D eigenvalue weighted by molar-refractivity contribution is 7.89. The summed E-state index contributed by atoms with van der Waals surface area (Å²) in [6.45, 7) is 0. The Hall–Kier alpha value is -0.660. The molecule has 100 valence electrons. The van der Waals surface area contributed by atoms with Crippen LogP contribution < -0.4 is 4.72 Å². The Labute approximate surface area is 101 Å². The van der Waals surface area contributed by atoms with Gasteiger partial charge in [0.05, 0.1) is 11.9 Å². The average molecular weight is 265 g/mol. The van der Waals surface area contributed by atoms with E-state index in [2.05, 4.69) is 4.72 Å². The Morgan fingerprint density at radius 2 is 1.94 bits per heavy atom. The van der Waals surface area contributed by atoms with Crippen molar-refractivity contribution in [2.75, 3.05) is 5.75 Å². The maximum Gasteiger partial charge on any atom is 0.303 e. The molecule has 0 radical (unpaired) electrons. The van der Waals surface area contributed by atoms with Gasteiger partial charge in [-0.05, 0) is 19.3 Å². The van der Waals surface area contributed by atoms with Crippen molar-refractivity contribution in [3.63, 3.8) is 0 Å². The van der Waals surface area contributed by atoms with Crippen molar-refractivity contribution >= 4 is 16.0 Å². The minimum Gasteiger partial charge on any atom is -0.481 e. The summed E-state index contributed by atoms with van der Waals surface area (Å²) in [7, 11) is -3.48. The molecule has 6 nitrogen and oxygen atoms in total. The van der Waals surface area contributed by atoms with Gasteiger partial charge in [0, 0.05) is 12.5 Å². The maximum absolute atomic E-state index is 11.6. The fourth-order valence-corrected chi connectivity index (χ4v) is 3.33. The number of rotatable bonds is 6. The molecule has 0 aromatic carbocycles. The van der Waals surface area contributed by atoms with Crippen LogP contribution in [0, 0.1) is 0 Å². The summed E-state index contributed by atoms with van der Waals surface area (Å²) in [5.41, 5.74) is 0. The fraction of sp³-hybridized carbons (Fsp3) is 0.900. The lowest BCUT2D eigenvalue weighted by molar-refractivity contribution is -0.137. The van der Waals surface area contributed by atoms with Gasteiger partial charge < -0.3 is 10.2 Å². The first-order valence-corrected chi connectivity index (χ1v) is 7.46. The number of aliphatic carboxylic acids is 1. The molecule has 3 N–H and O–H groups in total. The molecule has 1 aliphatic rings. The van der Waals surface area contributed by atoms with Crippen LogP contribution in [-0.2, 0) is 14.8 Å². The molecule has 0 heterocycles. The standard InChI is InChI=1S/C10H19NO5S/c12-9-5-2-1-4-8(9)11-17(15,16)7-3-6-10(13)14/h8-9,11-12H,1-7H2,(H,13,14)/t8-,9-/m0/s1. The second-order valence-electron chi connectivity index (χ2n) is 4.39. The Balaban J connectivity index is 2.39. The lowest BCUT2D eigenvalue weighted by Gasteiger charge is -2.28. The van der Waals surface area contributed by atoms with Gasteiger partial charge in [0.15, 0.2) is 0 Å². The molecule has 0 saturated heterocycles. The van der Waals surface area contributed by atoms with Gasteiger partial charge in [-0.1, -0.05) is 12.8 Å². The Kier molecular flexibility index (Phi) is 5.35. The molecule has 0 aromatic rings. The lowest BCUT2D eigenvalue weighted by atomic mass is 9.93. The molecule has 1 saturated carbocycles. The summed E-state index contributed by atoms with van der Waals surface area (Å²) >= 11 is 0. The second-order valence-corrected chi connectivity index (χ2v) is 6.27.